The lowest BCUT2D eigenvalue weighted by Crippen LogP contribution is -2.50. The summed E-state index contributed by atoms with van der Waals surface area (Å²) in [7, 11) is 0. The Hall–Kier alpha value is -2.82. The summed E-state index contributed by atoms with van der Waals surface area (Å²) in [6.45, 7) is 8.92. The van der Waals surface area contributed by atoms with E-state index in [1.165, 1.54) is 5.56 Å². The van der Waals surface area contributed by atoms with Gasteiger partial charge in [-0.15, -0.1) is 0 Å². The van der Waals surface area contributed by atoms with Crippen LogP contribution in [0.4, 0.5) is 0 Å². The van der Waals surface area contributed by atoms with Crippen LogP contribution in [0.15, 0.2) is 48.5 Å². The van der Waals surface area contributed by atoms with Crippen LogP contribution < -0.4 is 10.1 Å². The van der Waals surface area contributed by atoms with E-state index in [0.29, 0.717) is 25.3 Å². The second kappa shape index (κ2) is 12.0. The van der Waals surface area contributed by atoms with Crippen molar-refractivity contribution in [1.29, 1.82) is 0 Å². The maximum Gasteiger partial charge on any atom is 0.261 e. The molecule has 0 aliphatic heterocycles. The Labute approximate surface area is 180 Å². The highest BCUT2D eigenvalue weighted by Gasteiger charge is 2.29. The molecule has 0 unspecified atom stereocenters. The van der Waals surface area contributed by atoms with Gasteiger partial charge in [0.1, 0.15) is 11.8 Å². The fourth-order valence-electron chi connectivity index (χ4n) is 3.31. The van der Waals surface area contributed by atoms with Crippen molar-refractivity contribution in [2.45, 2.75) is 59.5 Å². The summed E-state index contributed by atoms with van der Waals surface area (Å²) >= 11 is 0. The zero-order valence-electron chi connectivity index (χ0n) is 18.6. The lowest BCUT2D eigenvalue weighted by Gasteiger charge is -2.31. The molecular weight excluding hydrogens is 376 g/mol. The second-order valence-electron chi connectivity index (χ2n) is 7.45. The van der Waals surface area contributed by atoms with Crippen molar-refractivity contribution in [2.24, 2.45) is 0 Å². The standard InChI is InChI=1S/C25H34N2O3/c1-5-16-26-25(29)23(7-3)27(17-21-11-9-8-10-19(21)4)24(28)18-30-22-14-12-20(6-2)13-15-22/h8-15,23H,5-7,16-18H2,1-4H3,(H,26,29)/t23-/m1/s1. The quantitative estimate of drug-likeness (QED) is 0.602. The molecular formula is C25H34N2O3. The van der Waals surface area contributed by atoms with Crippen molar-refractivity contribution < 1.29 is 14.3 Å². The minimum Gasteiger partial charge on any atom is -0.484 e. The predicted molar refractivity (Wildman–Crippen MR) is 120 cm³/mol. The first-order chi connectivity index (χ1) is 14.5. The van der Waals surface area contributed by atoms with Crippen LogP contribution in [-0.2, 0) is 22.6 Å². The average Bonchev–Trinajstić information content (AvgIpc) is 2.77. The normalized spacial score (nSPS) is 11.6. The first-order valence-electron chi connectivity index (χ1n) is 10.8. The molecule has 0 radical (unpaired) electrons. The molecule has 0 saturated heterocycles. The Balaban J connectivity index is 2.18. The maximum atomic E-state index is 13.2. The molecule has 0 aliphatic rings. The number of aryl methyl sites for hydroxylation is 2. The van der Waals surface area contributed by atoms with Crippen LogP contribution in [0.5, 0.6) is 5.75 Å². The molecule has 2 aromatic carbocycles. The minimum atomic E-state index is -0.533. The summed E-state index contributed by atoms with van der Waals surface area (Å²) in [5.74, 6) is 0.338. The Kier molecular flexibility index (Phi) is 9.39. The van der Waals surface area contributed by atoms with Gasteiger partial charge in [-0.2, -0.15) is 0 Å². The SMILES string of the molecule is CCCNC(=O)[C@@H](CC)N(Cc1ccccc1C)C(=O)COc1ccc(CC)cc1. The first-order valence-corrected chi connectivity index (χ1v) is 10.8. The lowest BCUT2D eigenvalue weighted by molar-refractivity contribution is -0.143. The zero-order valence-corrected chi connectivity index (χ0v) is 18.6. The van der Waals surface area contributed by atoms with Gasteiger partial charge < -0.3 is 15.0 Å². The molecule has 30 heavy (non-hydrogen) atoms. The van der Waals surface area contributed by atoms with Crippen molar-refractivity contribution in [2.75, 3.05) is 13.2 Å². The molecule has 0 aromatic heterocycles. The Bertz CT molecular complexity index is 817. The van der Waals surface area contributed by atoms with Crippen LogP contribution in [0, 0.1) is 6.92 Å². The third kappa shape index (κ3) is 6.61. The summed E-state index contributed by atoms with van der Waals surface area (Å²) < 4.78 is 5.75. The average molecular weight is 411 g/mol. The van der Waals surface area contributed by atoms with Gasteiger partial charge in [0.25, 0.3) is 5.91 Å². The maximum absolute atomic E-state index is 13.2. The number of nitrogens with zero attached hydrogens (tertiary/aromatic N) is 1. The number of ether oxygens (including phenoxy) is 1. The van der Waals surface area contributed by atoms with E-state index in [4.69, 9.17) is 4.74 Å². The highest BCUT2D eigenvalue weighted by atomic mass is 16.5. The van der Waals surface area contributed by atoms with E-state index in [1.54, 1.807) is 4.90 Å². The lowest BCUT2D eigenvalue weighted by atomic mass is 10.1. The van der Waals surface area contributed by atoms with Gasteiger partial charge in [-0.1, -0.05) is 57.2 Å². The molecule has 0 spiro atoms. The summed E-state index contributed by atoms with van der Waals surface area (Å²) in [5, 5.41) is 2.93. The van der Waals surface area contributed by atoms with Crippen molar-refractivity contribution in [3.8, 4) is 5.75 Å². The van der Waals surface area contributed by atoms with Gasteiger partial charge in [-0.25, -0.2) is 0 Å². The predicted octanol–water partition coefficient (Wildman–Crippen LogP) is 4.27. The van der Waals surface area contributed by atoms with Crippen LogP contribution in [0.3, 0.4) is 0 Å². The first kappa shape index (κ1) is 23.5. The number of carbonyl (C=O) groups excluding carboxylic acids is 2. The molecule has 1 N–H and O–H groups in total. The van der Waals surface area contributed by atoms with E-state index in [-0.39, 0.29) is 18.4 Å². The molecule has 162 valence electrons. The largest absolute Gasteiger partial charge is 0.484 e. The van der Waals surface area contributed by atoms with Gasteiger partial charge in [0, 0.05) is 13.1 Å². The summed E-state index contributed by atoms with van der Waals surface area (Å²) in [6.07, 6.45) is 2.34. The van der Waals surface area contributed by atoms with Gasteiger partial charge in [0.2, 0.25) is 5.91 Å². The van der Waals surface area contributed by atoms with Crippen LogP contribution >= 0.6 is 0 Å². The van der Waals surface area contributed by atoms with Crippen molar-refractivity contribution in [3.63, 3.8) is 0 Å². The molecule has 0 aliphatic carbocycles. The molecule has 2 aromatic rings. The molecule has 1 atom stereocenters. The van der Waals surface area contributed by atoms with Crippen LogP contribution in [0.1, 0.15) is 50.3 Å². The fourth-order valence-corrected chi connectivity index (χ4v) is 3.31. The number of carbonyl (C=O) groups is 2. The topological polar surface area (TPSA) is 58.6 Å². The number of nitrogens with one attached hydrogen (secondary N) is 1. The summed E-state index contributed by atoms with van der Waals surface area (Å²) in [5.41, 5.74) is 3.34. The number of hydrogen-bond acceptors (Lipinski definition) is 3. The molecule has 0 heterocycles. The van der Waals surface area contributed by atoms with Gasteiger partial charge >= 0.3 is 0 Å². The van der Waals surface area contributed by atoms with Gasteiger partial charge in [0.15, 0.2) is 6.61 Å². The Morgan fingerprint density at radius 2 is 1.73 bits per heavy atom. The van der Waals surface area contributed by atoms with E-state index < -0.39 is 6.04 Å². The number of amides is 2. The van der Waals surface area contributed by atoms with Gasteiger partial charge in [-0.3, -0.25) is 9.59 Å². The third-order valence-corrected chi connectivity index (χ3v) is 5.23. The molecule has 5 nitrogen and oxygen atoms in total. The van der Waals surface area contributed by atoms with Crippen molar-refractivity contribution in [1.82, 2.24) is 10.2 Å². The van der Waals surface area contributed by atoms with Gasteiger partial charge in [-0.05, 0) is 55.0 Å². The third-order valence-electron chi connectivity index (χ3n) is 5.23. The van der Waals surface area contributed by atoms with Crippen LogP contribution in [0.2, 0.25) is 0 Å². The number of benzene rings is 2. The Morgan fingerprint density at radius 3 is 2.33 bits per heavy atom. The highest BCUT2D eigenvalue weighted by Crippen LogP contribution is 2.17. The number of hydrogen-bond donors (Lipinski definition) is 1. The van der Waals surface area contributed by atoms with Gasteiger partial charge in [0.05, 0.1) is 0 Å². The van der Waals surface area contributed by atoms with E-state index in [1.807, 2.05) is 69.3 Å². The van der Waals surface area contributed by atoms with E-state index >= 15 is 0 Å². The Morgan fingerprint density at radius 1 is 1.03 bits per heavy atom. The molecule has 0 saturated carbocycles. The summed E-state index contributed by atoms with van der Waals surface area (Å²) in [4.78, 5) is 27.6. The minimum absolute atomic E-state index is 0.102. The molecule has 2 amide bonds. The monoisotopic (exact) mass is 410 g/mol. The second-order valence-corrected chi connectivity index (χ2v) is 7.45. The van der Waals surface area contributed by atoms with Crippen molar-refractivity contribution >= 4 is 11.8 Å². The van der Waals surface area contributed by atoms with E-state index in [9.17, 15) is 9.59 Å². The van der Waals surface area contributed by atoms with E-state index in [2.05, 4.69) is 12.2 Å². The van der Waals surface area contributed by atoms with Crippen LogP contribution in [0.25, 0.3) is 0 Å². The van der Waals surface area contributed by atoms with Crippen LogP contribution in [-0.4, -0.2) is 35.9 Å². The number of rotatable bonds is 11. The zero-order chi connectivity index (χ0) is 21.9. The van der Waals surface area contributed by atoms with E-state index in [0.717, 1.165) is 24.0 Å². The highest BCUT2D eigenvalue weighted by molar-refractivity contribution is 5.88. The molecule has 0 fully saturated rings. The van der Waals surface area contributed by atoms with Crippen molar-refractivity contribution in [3.05, 3.63) is 65.2 Å². The summed E-state index contributed by atoms with van der Waals surface area (Å²) in [6, 6.07) is 15.2. The molecule has 5 heteroatoms. The molecule has 0 bridgehead atoms. The fraction of sp³-hybridized carbons (Fsp3) is 0.440. The molecule has 2 rings (SSSR count). The smallest absolute Gasteiger partial charge is 0.261 e.